The Balaban J connectivity index is 1.61. The van der Waals surface area contributed by atoms with Crippen LogP contribution in [0.4, 0.5) is 8.78 Å². The van der Waals surface area contributed by atoms with E-state index in [2.05, 4.69) is 4.90 Å². The van der Waals surface area contributed by atoms with Gasteiger partial charge >= 0.3 is 0 Å². The quantitative estimate of drug-likeness (QED) is 0.854. The zero-order valence-corrected chi connectivity index (χ0v) is 13.1. The minimum Gasteiger partial charge on any atom is -0.379 e. The summed E-state index contributed by atoms with van der Waals surface area (Å²) in [6.07, 6.45) is 2.27. The summed E-state index contributed by atoms with van der Waals surface area (Å²) in [7, 11) is 0. The number of nitrogens with zero attached hydrogens (tertiary/aromatic N) is 2. The number of morpholine rings is 1. The molecular weight excluding hydrogens is 302 g/mol. The molecule has 2 fully saturated rings. The second-order valence-corrected chi connectivity index (χ2v) is 6.19. The Morgan fingerprint density at radius 1 is 1.09 bits per heavy atom. The largest absolute Gasteiger partial charge is 0.379 e. The van der Waals surface area contributed by atoms with Gasteiger partial charge in [-0.15, -0.1) is 0 Å². The molecule has 23 heavy (non-hydrogen) atoms. The molecule has 126 valence electrons. The van der Waals surface area contributed by atoms with Crippen LogP contribution in [0.3, 0.4) is 0 Å². The first-order chi connectivity index (χ1) is 11.1. The van der Waals surface area contributed by atoms with Crippen molar-refractivity contribution in [3.8, 4) is 0 Å². The van der Waals surface area contributed by atoms with E-state index in [-0.39, 0.29) is 5.91 Å². The Morgan fingerprint density at radius 2 is 1.87 bits per heavy atom. The summed E-state index contributed by atoms with van der Waals surface area (Å²) in [5.74, 6) is -1.63. The van der Waals surface area contributed by atoms with Crippen LogP contribution in [0, 0.1) is 11.6 Å². The lowest BCUT2D eigenvalue weighted by Crippen LogP contribution is -2.43. The van der Waals surface area contributed by atoms with Crippen molar-refractivity contribution in [1.82, 2.24) is 9.80 Å². The van der Waals surface area contributed by atoms with E-state index in [1.54, 1.807) is 4.90 Å². The number of likely N-dealkylation sites (tertiary alicyclic amines) is 1. The number of halogens is 2. The van der Waals surface area contributed by atoms with Gasteiger partial charge in [-0.05, 0) is 30.5 Å². The summed E-state index contributed by atoms with van der Waals surface area (Å²) in [5.41, 5.74) is 0.627. The van der Waals surface area contributed by atoms with E-state index in [9.17, 15) is 13.6 Å². The van der Waals surface area contributed by atoms with Crippen molar-refractivity contribution in [2.24, 2.45) is 0 Å². The van der Waals surface area contributed by atoms with Crippen molar-refractivity contribution in [3.05, 3.63) is 35.4 Å². The number of benzene rings is 1. The summed E-state index contributed by atoms with van der Waals surface area (Å²) in [6.45, 7) is 4.34. The molecule has 1 aromatic carbocycles. The molecule has 0 saturated carbocycles. The van der Waals surface area contributed by atoms with Crippen molar-refractivity contribution in [2.45, 2.75) is 31.8 Å². The van der Waals surface area contributed by atoms with E-state index in [0.29, 0.717) is 31.1 Å². The molecule has 2 heterocycles. The minimum atomic E-state index is -0.865. The third-order valence-corrected chi connectivity index (χ3v) is 4.70. The van der Waals surface area contributed by atoms with Crippen LogP contribution in [-0.4, -0.2) is 54.6 Å². The van der Waals surface area contributed by atoms with Crippen LogP contribution in [-0.2, 0) is 16.1 Å². The van der Waals surface area contributed by atoms with Gasteiger partial charge in [0.2, 0.25) is 5.91 Å². The van der Waals surface area contributed by atoms with Crippen LogP contribution < -0.4 is 0 Å². The van der Waals surface area contributed by atoms with Crippen molar-refractivity contribution >= 4 is 5.91 Å². The molecule has 6 heteroatoms. The lowest BCUT2D eigenvalue weighted by atomic mass is 10.1. The first-order valence-corrected chi connectivity index (χ1v) is 8.17. The molecule has 1 aromatic rings. The van der Waals surface area contributed by atoms with Crippen LogP contribution in [0.25, 0.3) is 0 Å². The molecule has 2 aliphatic rings. The summed E-state index contributed by atoms with van der Waals surface area (Å²) in [6, 6.07) is 4.23. The molecule has 0 aliphatic carbocycles. The molecule has 2 saturated heterocycles. The molecule has 3 rings (SSSR count). The summed E-state index contributed by atoms with van der Waals surface area (Å²) in [4.78, 5) is 16.5. The maximum atomic E-state index is 13.3. The lowest BCUT2D eigenvalue weighted by Gasteiger charge is -2.33. The van der Waals surface area contributed by atoms with E-state index >= 15 is 0 Å². The lowest BCUT2D eigenvalue weighted by molar-refractivity contribution is -0.131. The van der Waals surface area contributed by atoms with Crippen LogP contribution in [0.5, 0.6) is 0 Å². The van der Waals surface area contributed by atoms with Crippen molar-refractivity contribution in [2.75, 3.05) is 32.8 Å². The molecule has 0 aromatic heterocycles. The van der Waals surface area contributed by atoms with Gasteiger partial charge in [-0.3, -0.25) is 9.69 Å². The smallest absolute Gasteiger partial charge is 0.222 e. The number of ether oxygens (including phenoxy) is 1. The predicted molar refractivity (Wildman–Crippen MR) is 81.8 cm³/mol. The Bertz CT molecular complexity index is 562. The maximum Gasteiger partial charge on any atom is 0.222 e. The number of carbonyl (C=O) groups excluding carboxylic acids is 1. The van der Waals surface area contributed by atoms with Crippen LogP contribution >= 0.6 is 0 Å². The topological polar surface area (TPSA) is 32.8 Å². The van der Waals surface area contributed by atoms with Gasteiger partial charge in [-0.1, -0.05) is 6.07 Å². The van der Waals surface area contributed by atoms with Gasteiger partial charge in [-0.25, -0.2) is 8.78 Å². The fourth-order valence-corrected chi connectivity index (χ4v) is 3.36. The second kappa shape index (κ2) is 7.36. The highest BCUT2D eigenvalue weighted by Crippen LogP contribution is 2.21. The first kappa shape index (κ1) is 16.3. The molecule has 0 N–H and O–H groups in total. The van der Waals surface area contributed by atoms with Gasteiger partial charge in [0.15, 0.2) is 11.6 Å². The monoisotopic (exact) mass is 324 g/mol. The van der Waals surface area contributed by atoms with Gasteiger partial charge in [0.25, 0.3) is 0 Å². The third kappa shape index (κ3) is 4.06. The second-order valence-electron chi connectivity index (χ2n) is 6.19. The normalized spacial score (nSPS) is 23.8. The molecule has 2 aliphatic heterocycles. The number of hydrogen-bond acceptors (Lipinski definition) is 3. The fourth-order valence-electron chi connectivity index (χ4n) is 3.36. The molecule has 0 spiro atoms. The Morgan fingerprint density at radius 3 is 2.61 bits per heavy atom. The van der Waals surface area contributed by atoms with E-state index in [1.165, 1.54) is 12.1 Å². The number of carbonyl (C=O) groups is 1. The number of amides is 1. The van der Waals surface area contributed by atoms with Gasteiger partial charge in [0.05, 0.1) is 13.2 Å². The zero-order chi connectivity index (χ0) is 16.2. The van der Waals surface area contributed by atoms with Crippen molar-refractivity contribution in [3.63, 3.8) is 0 Å². The maximum absolute atomic E-state index is 13.3. The molecule has 1 unspecified atom stereocenters. The van der Waals surface area contributed by atoms with E-state index in [1.807, 2.05) is 0 Å². The highest BCUT2D eigenvalue weighted by molar-refractivity contribution is 5.76. The molecule has 4 nitrogen and oxygen atoms in total. The van der Waals surface area contributed by atoms with Gasteiger partial charge < -0.3 is 9.64 Å². The van der Waals surface area contributed by atoms with Crippen LogP contribution in [0.15, 0.2) is 18.2 Å². The molecule has 0 radical (unpaired) electrons. The molecule has 0 bridgehead atoms. The van der Waals surface area contributed by atoms with E-state index in [4.69, 9.17) is 4.74 Å². The fraction of sp³-hybridized carbons (Fsp3) is 0.588. The molecule has 1 atom stereocenters. The standard InChI is InChI=1S/C17H22F2N2O2/c18-15-3-1-13(11-16(15)19)12-21-6-5-14(2-4-17(21)22)20-7-9-23-10-8-20/h1,3,11,14H,2,4-10,12H2. The van der Waals surface area contributed by atoms with Gasteiger partial charge in [0, 0.05) is 38.6 Å². The molecular formula is C17H22F2N2O2. The summed E-state index contributed by atoms with van der Waals surface area (Å²) >= 11 is 0. The van der Waals surface area contributed by atoms with Crippen molar-refractivity contribution < 1.29 is 18.3 Å². The van der Waals surface area contributed by atoms with E-state index < -0.39 is 11.6 Å². The Hall–Kier alpha value is -1.53. The van der Waals surface area contributed by atoms with Crippen molar-refractivity contribution in [1.29, 1.82) is 0 Å². The Labute approximate surface area is 135 Å². The first-order valence-electron chi connectivity index (χ1n) is 8.17. The minimum absolute atomic E-state index is 0.0884. The van der Waals surface area contributed by atoms with Gasteiger partial charge in [0.1, 0.15) is 0 Å². The SMILES string of the molecule is O=C1CCC(N2CCOCC2)CCN1Cc1ccc(F)c(F)c1. The number of rotatable bonds is 3. The van der Waals surface area contributed by atoms with Crippen LogP contribution in [0.1, 0.15) is 24.8 Å². The highest BCUT2D eigenvalue weighted by Gasteiger charge is 2.27. The number of hydrogen-bond donors (Lipinski definition) is 0. The van der Waals surface area contributed by atoms with Crippen LogP contribution in [0.2, 0.25) is 0 Å². The van der Waals surface area contributed by atoms with Gasteiger partial charge in [-0.2, -0.15) is 0 Å². The summed E-state index contributed by atoms with van der Waals surface area (Å²) < 4.78 is 31.7. The average Bonchev–Trinajstić information content (AvgIpc) is 2.74. The third-order valence-electron chi connectivity index (χ3n) is 4.70. The average molecular weight is 324 g/mol. The van der Waals surface area contributed by atoms with E-state index in [0.717, 1.165) is 45.2 Å². The Kier molecular flexibility index (Phi) is 5.23. The summed E-state index contributed by atoms with van der Waals surface area (Å²) in [5, 5.41) is 0. The highest BCUT2D eigenvalue weighted by atomic mass is 19.2. The zero-order valence-electron chi connectivity index (χ0n) is 13.1. The molecule has 1 amide bonds. The predicted octanol–water partition coefficient (Wildman–Crippen LogP) is 2.18.